The topological polar surface area (TPSA) is 133 Å². The lowest BCUT2D eigenvalue weighted by Crippen LogP contribution is -2.55. The molecule has 0 amide bonds. The van der Waals surface area contributed by atoms with Crippen molar-refractivity contribution in [2.75, 3.05) is 6.61 Å². The number of hydrogen-bond donors (Lipinski definition) is 4. The summed E-state index contributed by atoms with van der Waals surface area (Å²) in [6.07, 6.45) is -6.11. The van der Waals surface area contributed by atoms with Crippen molar-refractivity contribution in [3.63, 3.8) is 0 Å². The Hall–Kier alpha value is -1.58. The highest BCUT2D eigenvalue weighted by Crippen LogP contribution is 2.35. The molecule has 0 saturated carbocycles. The highest BCUT2D eigenvalue weighted by Gasteiger charge is 2.46. The lowest BCUT2D eigenvalue weighted by atomic mass is 9.90. The maximum Gasteiger partial charge on any atom is 0.275 e. The van der Waals surface area contributed by atoms with Gasteiger partial charge in [-0.15, -0.1) is 0 Å². The van der Waals surface area contributed by atoms with Crippen LogP contribution in [-0.4, -0.2) is 56.4 Å². The first kappa shape index (κ1) is 14.8. The van der Waals surface area contributed by atoms with E-state index in [1.807, 2.05) is 0 Å². The molecule has 109 valence electrons. The first-order valence-electron chi connectivity index (χ1n) is 5.89. The fourth-order valence-electron chi connectivity index (χ4n) is 2.07. The number of rotatable bonds is 3. The molecule has 0 bridgehead atoms. The first-order valence-corrected chi connectivity index (χ1v) is 5.89. The van der Waals surface area contributed by atoms with E-state index in [0.29, 0.717) is 0 Å². The van der Waals surface area contributed by atoms with Crippen LogP contribution in [0.1, 0.15) is 5.56 Å². The van der Waals surface area contributed by atoms with E-state index in [1.165, 1.54) is 24.3 Å². The highest BCUT2D eigenvalue weighted by atomic mass is 16.6. The molecule has 1 aromatic carbocycles. The molecule has 8 nitrogen and oxygen atoms in total. The van der Waals surface area contributed by atoms with E-state index in [-0.39, 0.29) is 17.4 Å². The Morgan fingerprint density at radius 2 is 1.85 bits per heavy atom. The summed E-state index contributed by atoms with van der Waals surface area (Å²) in [4.78, 5) is 10.3. The third-order valence-electron chi connectivity index (χ3n) is 3.15. The zero-order chi connectivity index (χ0) is 14.9. The standard InChI is InChI=1S/C12H14NO7/c14-5-8-9(15)10(16)11(17)12(20-8)6-3-1-2-4-7(6)13(18)19/h1-4,8-11,14-17H,5H2/t8-,9+,10+,11-/m1/s1. The Bertz CT molecular complexity index is 492. The van der Waals surface area contributed by atoms with E-state index >= 15 is 0 Å². The minimum absolute atomic E-state index is 0.00519. The predicted octanol–water partition coefficient (Wildman–Crippen LogP) is -1.05. The van der Waals surface area contributed by atoms with Gasteiger partial charge in [-0.1, -0.05) is 12.1 Å². The van der Waals surface area contributed by atoms with E-state index < -0.39 is 35.9 Å². The molecular formula is C12H14NO7. The molecule has 20 heavy (non-hydrogen) atoms. The number of nitro groups is 1. The van der Waals surface area contributed by atoms with E-state index in [4.69, 9.17) is 9.84 Å². The van der Waals surface area contributed by atoms with Gasteiger partial charge < -0.3 is 25.2 Å². The Morgan fingerprint density at radius 1 is 1.20 bits per heavy atom. The zero-order valence-electron chi connectivity index (χ0n) is 10.3. The van der Waals surface area contributed by atoms with Crippen LogP contribution in [-0.2, 0) is 4.74 Å². The summed E-state index contributed by atoms with van der Waals surface area (Å²) in [5.74, 6) is 0. The number of ether oxygens (including phenoxy) is 1. The van der Waals surface area contributed by atoms with E-state index in [9.17, 15) is 25.4 Å². The van der Waals surface area contributed by atoms with Crippen molar-refractivity contribution in [1.82, 2.24) is 0 Å². The molecule has 1 heterocycles. The summed E-state index contributed by atoms with van der Waals surface area (Å²) >= 11 is 0. The van der Waals surface area contributed by atoms with Gasteiger partial charge in [0.2, 0.25) is 0 Å². The van der Waals surface area contributed by atoms with E-state index in [0.717, 1.165) is 0 Å². The predicted molar refractivity (Wildman–Crippen MR) is 65.4 cm³/mol. The molecule has 1 aliphatic rings. The number of aliphatic hydroxyl groups excluding tert-OH is 4. The van der Waals surface area contributed by atoms with Crippen molar-refractivity contribution in [3.8, 4) is 0 Å². The van der Waals surface area contributed by atoms with Gasteiger partial charge >= 0.3 is 0 Å². The van der Waals surface area contributed by atoms with Crippen LogP contribution in [0.25, 0.3) is 0 Å². The average Bonchev–Trinajstić information content (AvgIpc) is 2.45. The Morgan fingerprint density at radius 3 is 2.45 bits per heavy atom. The lowest BCUT2D eigenvalue weighted by molar-refractivity contribution is -0.386. The van der Waals surface area contributed by atoms with Gasteiger partial charge in [0.25, 0.3) is 5.69 Å². The number of para-hydroxylation sites is 1. The molecule has 1 saturated heterocycles. The van der Waals surface area contributed by atoms with Crippen molar-refractivity contribution < 1.29 is 30.1 Å². The number of nitro benzene ring substituents is 1. The fraction of sp³-hybridized carbons (Fsp3) is 0.417. The second-order valence-electron chi connectivity index (χ2n) is 4.40. The van der Waals surface area contributed by atoms with E-state index in [2.05, 4.69) is 0 Å². The molecule has 8 heteroatoms. The van der Waals surface area contributed by atoms with Crippen molar-refractivity contribution in [2.45, 2.75) is 24.4 Å². The smallest absolute Gasteiger partial charge is 0.275 e. The van der Waals surface area contributed by atoms with Crippen molar-refractivity contribution in [3.05, 3.63) is 46.0 Å². The Kier molecular flexibility index (Phi) is 4.31. The fourth-order valence-corrected chi connectivity index (χ4v) is 2.07. The van der Waals surface area contributed by atoms with Gasteiger partial charge in [0.05, 0.1) is 17.1 Å². The van der Waals surface area contributed by atoms with Crippen LogP contribution in [0, 0.1) is 16.2 Å². The summed E-state index contributed by atoms with van der Waals surface area (Å²) < 4.78 is 5.21. The Balaban J connectivity index is 2.39. The summed E-state index contributed by atoms with van der Waals surface area (Å²) in [6.45, 7) is -0.602. The molecule has 0 spiro atoms. The van der Waals surface area contributed by atoms with Crippen LogP contribution in [0.2, 0.25) is 0 Å². The van der Waals surface area contributed by atoms with Crippen LogP contribution in [0.5, 0.6) is 0 Å². The summed E-state index contributed by atoms with van der Waals surface area (Å²) in [5.41, 5.74) is -0.309. The summed E-state index contributed by atoms with van der Waals surface area (Å²) in [5, 5.41) is 49.3. The van der Waals surface area contributed by atoms with Gasteiger partial charge in [0.1, 0.15) is 24.4 Å². The van der Waals surface area contributed by atoms with Gasteiger partial charge in [0, 0.05) is 6.07 Å². The first-order chi connectivity index (χ1) is 9.47. The van der Waals surface area contributed by atoms with Crippen LogP contribution in [0.3, 0.4) is 0 Å². The van der Waals surface area contributed by atoms with Crippen molar-refractivity contribution >= 4 is 5.69 Å². The second-order valence-corrected chi connectivity index (χ2v) is 4.40. The summed E-state index contributed by atoms with van der Waals surface area (Å²) in [7, 11) is 0. The molecule has 1 aliphatic heterocycles. The molecule has 1 fully saturated rings. The maximum atomic E-state index is 11.0. The summed E-state index contributed by atoms with van der Waals surface area (Å²) in [6, 6.07) is 5.54. The van der Waals surface area contributed by atoms with Crippen LogP contribution in [0.15, 0.2) is 24.3 Å². The molecule has 2 rings (SSSR count). The maximum absolute atomic E-state index is 11.0. The molecule has 1 aromatic rings. The number of aliphatic hydroxyl groups is 4. The molecule has 4 N–H and O–H groups in total. The zero-order valence-corrected chi connectivity index (χ0v) is 10.3. The van der Waals surface area contributed by atoms with Crippen molar-refractivity contribution in [2.24, 2.45) is 0 Å². The van der Waals surface area contributed by atoms with Gasteiger partial charge in [0.15, 0.2) is 6.10 Å². The van der Waals surface area contributed by atoms with Gasteiger partial charge in [-0.2, -0.15) is 0 Å². The second kappa shape index (κ2) is 5.81. The molecule has 0 aromatic heterocycles. The monoisotopic (exact) mass is 284 g/mol. The molecule has 4 atom stereocenters. The molecule has 0 aliphatic carbocycles. The molecule has 0 unspecified atom stereocenters. The Labute approximate surface area is 114 Å². The number of nitrogens with zero attached hydrogens (tertiary/aromatic N) is 1. The largest absolute Gasteiger partial charge is 0.394 e. The van der Waals surface area contributed by atoms with Gasteiger partial charge in [-0.25, -0.2) is 0 Å². The third kappa shape index (κ3) is 2.51. The number of hydrogen-bond acceptors (Lipinski definition) is 7. The quantitative estimate of drug-likeness (QED) is 0.411. The SMILES string of the molecule is O=[N+]([O-])c1ccccc1[C]1O[C@H](CO)[C@H](O)[C@H](O)[C@H]1O. The number of benzene rings is 1. The van der Waals surface area contributed by atoms with Crippen molar-refractivity contribution in [1.29, 1.82) is 0 Å². The van der Waals surface area contributed by atoms with Crippen LogP contribution < -0.4 is 0 Å². The lowest BCUT2D eigenvalue weighted by Gasteiger charge is -2.39. The normalized spacial score (nSPS) is 31.2. The van der Waals surface area contributed by atoms with Crippen LogP contribution >= 0.6 is 0 Å². The minimum atomic E-state index is -1.62. The van der Waals surface area contributed by atoms with Gasteiger partial charge in [-0.05, 0) is 6.07 Å². The van der Waals surface area contributed by atoms with Gasteiger partial charge in [-0.3, -0.25) is 10.1 Å². The third-order valence-corrected chi connectivity index (χ3v) is 3.15. The molecule has 1 radical (unpaired) electrons. The average molecular weight is 284 g/mol. The minimum Gasteiger partial charge on any atom is -0.394 e. The van der Waals surface area contributed by atoms with E-state index in [1.54, 1.807) is 0 Å². The van der Waals surface area contributed by atoms with Crippen LogP contribution in [0.4, 0.5) is 5.69 Å². The highest BCUT2D eigenvalue weighted by molar-refractivity contribution is 5.48. The molecular weight excluding hydrogens is 270 g/mol.